The number of halogens is 2. The molecule has 130 valence electrons. The van der Waals surface area contributed by atoms with Crippen molar-refractivity contribution in [2.75, 3.05) is 0 Å². The van der Waals surface area contributed by atoms with Gasteiger partial charge in [-0.05, 0) is 41.8 Å². The molecule has 0 aliphatic heterocycles. The van der Waals surface area contributed by atoms with E-state index >= 15 is 0 Å². The number of aromatic amines is 1. The summed E-state index contributed by atoms with van der Waals surface area (Å²) in [5, 5.41) is 9.70. The van der Waals surface area contributed by atoms with Gasteiger partial charge in [-0.2, -0.15) is 5.10 Å². The van der Waals surface area contributed by atoms with Gasteiger partial charge in [0.25, 0.3) is 0 Å². The molecule has 0 aliphatic rings. The molecule has 4 rings (SSSR count). The van der Waals surface area contributed by atoms with Crippen LogP contribution in [0.15, 0.2) is 69.5 Å². The third-order valence-electron chi connectivity index (χ3n) is 3.52. The zero-order chi connectivity index (χ0) is 17.9. The van der Waals surface area contributed by atoms with Gasteiger partial charge in [0.2, 0.25) is 4.80 Å². The fraction of sp³-hybridized carbons (Fsp3) is 0. The predicted octanol–water partition coefficient (Wildman–Crippen LogP) is 6.03. The Labute approximate surface area is 167 Å². The zero-order valence-corrected chi connectivity index (χ0v) is 16.4. The van der Waals surface area contributed by atoms with Crippen molar-refractivity contribution >= 4 is 57.8 Å². The standard InChI is InChI=1S/C18H12Cl2N4S2/c19-14-6-5-12(9-15(14)20)23-18-24(22-10-13-3-1-7-21-13)16(11-26-18)17-4-2-8-25-17/h1-11,21H. The lowest BCUT2D eigenvalue weighted by atomic mass is 10.3. The molecule has 1 N–H and O–H groups in total. The van der Waals surface area contributed by atoms with Crippen molar-refractivity contribution in [1.29, 1.82) is 0 Å². The van der Waals surface area contributed by atoms with Gasteiger partial charge < -0.3 is 4.98 Å². The molecule has 0 bridgehead atoms. The summed E-state index contributed by atoms with van der Waals surface area (Å²) in [6.07, 6.45) is 3.64. The van der Waals surface area contributed by atoms with E-state index in [1.54, 1.807) is 29.7 Å². The molecule has 8 heteroatoms. The Morgan fingerprint density at radius 3 is 2.69 bits per heavy atom. The minimum absolute atomic E-state index is 0.476. The van der Waals surface area contributed by atoms with Crippen LogP contribution in [-0.2, 0) is 0 Å². The highest BCUT2D eigenvalue weighted by Crippen LogP contribution is 2.28. The molecule has 0 spiro atoms. The maximum Gasteiger partial charge on any atom is 0.211 e. The lowest BCUT2D eigenvalue weighted by molar-refractivity contribution is 0.856. The van der Waals surface area contributed by atoms with Crippen LogP contribution in [-0.4, -0.2) is 15.9 Å². The average Bonchev–Trinajstić information content (AvgIpc) is 3.37. The van der Waals surface area contributed by atoms with Crippen LogP contribution in [0.4, 0.5) is 5.69 Å². The molecule has 0 fully saturated rings. The maximum absolute atomic E-state index is 6.11. The summed E-state index contributed by atoms with van der Waals surface area (Å²) in [4.78, 5) is 9.68. The molecule has 0 saturated heterocycles. The van der Waals surface area contributed by atoms with E-state index in [9.17, 15) is 0 Å². The maximum atomic E-state index is 6.11. The molecule has 0 radical (unpaired) electrons. The number of H-pyrrole nitrogens is 1. The van der Waals surface area contributed by atoms with Gasteiger partial charge in [0.15, 0.2) is 0 Å². The number of rotatable bonds is 4. The molecule has 3 heterocycles. The fourth-order valence-electron chi connectivity index (χ4n) is 2.29. The van der Waals surface area contributed by atoms with E-state index in [0.717, 1.165) is 26.8 Å². The van der Waals surface area contributed by atoms with Crippen molar-refractivity contribution < 1.29 is 0 Å². The average molecular weight is 419 g/mol. The zero-order valence-electron chi connectivity index (χ0n) is 13.3. The highest BCUT2D eigenvalue weighted by Gasteiger charge is 2.09. The monoisotopic (exact) mass is 418 g/mol. The lowest BCUT2D eigenvalue weighted by Crippen LogP contribution is -2.11. The Bertz CT molecular complexity index is 1110. The molecule has 26 heavy (non-hydrogen) atoms. The van der Waals surface area contributed by atoms with Crippen LogP contribution in [0.2, 0.25) is 10.0 Å². The van der Waals surface area contributed by atoms with E-state index in [0.29, 0.717) is 10.0 Å². The molecule has 0 aliphatic carbocycles. The van der Waals surface area contributed by atoms with Gasteiger partial charge in [-0.1, -0.05) is 29.3 Å². The van der Waals surface area contributed by atoms with E-state index in [1.165, 1.54) is 11.3 Å². The molecule has 4 nitrogen and oxygen atoms in total. The molecular weight excluding hydrogens is 407 g/mol. The second kappa shape index (κ2) is 7.63. The Balaban J connectivity index is 1.83. The third kappa shape index (κ3) is 3.68. The van der Waals surface area contributed by atoms with Crippen molar-refractivity contribution in [2.45, 2.75) is 0 Å². The highest BCUT2D eigenvalue weighted by atomic mass is 35.5. The predicted molar refractivity (Wildman–Crippen MR) is 111 cm³/mol. The minimum Gasteiger partial charge on any atom is -0.360 e. The number of benzene rings is 1. The van der Waals surface area contributed by atoms with Crippen molar-refractivity contribution in [3.8, 4) is 10.6 Å². The lowest BCUT2D eigenvalue weighted by Gasteiger charge is -2.01. The number of hydrogen-bond donors (Lipinski definition) is 1. The van der Waals surface area contributed by atoms with Gasteiger partial charge in [-0.25, -0.2) is 9.67 Å². The summed E-state index contributed by atoms with van der Waals surface area (Å²) < 4.78 is 1.83. The van der Waals surface area contributed by atoms with E-state index in [4.69, 9.17) is 28.2 Å². The summed E-state index contributed by atoms with van der Waals surface area (Å²) in [7, 11) is 0. The van der Waals surface area contributed by atoms with Crippen molar-refractivity contribution in [1.82, 2.24) is 9.66 Å². The van der Waals surface area contributed by atoms with E-state index < -0.39 is 0 Å². The van der Waals surface area contributed by atoms with Gasteiger partial charge >= 0.3 is 0 Å². The van der Waals surface area contributed by atoms with Gasteiger partial charge in [-0.15, -0.1) is 22.7 Å². The first kappa shape index (κ1) is 17.3. The molecular formula is C18H12Cl2N4S2. The molecule has 0 saturated carbocycles. The largest absolute Gasteiger partial charge is 0.360 e. The highest BCUT2D eigenvalue weighted by molar-refractivity contribution is 7.14. The second-order valence-corrected chi connectivity index (χ2v) is 7.87. The molecule has 3 aromatic heterocycles. The quantitative estimate of drug-likeness (QED) is 0.393. The third-order valence-corrected chi connectivity index (χ3v) is 5.97. The van der Waals surface area contributed by atoms with Gasteiger partial charge in [-0.3, -0.25) is 0 Å². The topological polar surface area (TPSA) is 45.4 Å². The Kier molecular flexibility index (Phi) is 5.08. The van der Waals surface area contributed by atoms with Crippen molar-refractivity contribution in [3.05, 3.63) is 80.0 Å². The number of hydrogen-bond acceptors (Lipinski definition) is 4. The first-order chi connectivity index (χ1) is 12.7. The summed E-state index contributed by atoms with van der Waals surface area (Å²) in [5.41, 5.74) is 2.63. The Morgan fingerprint density at radius 1 is 1.04 bits per heavy atom. The number of nitrogens with zero attached hydrogens (tertiary/aromatic N) is 3. The van der Waals surface area contributed by atoms with Crippen LogP contribution in [0.25, 0.3) is 10.6 Å². The van der Waals surface area contributed by atoms with Crippen molar-refractivity contribution in [2.24, 2.45) is 10.1 Å². The first-order valence-electron chi connectivity index (χ1n) is 7.62. The van der Waals surface area contributed by atoms with Crippen LogP contribution >= 0.6 is 45.9 Å². The van der Waals surface area contributed by atoms with Gasteiger partial charge in [0.1, 0.15) is 0 Å². The van der Waals surface area contributed by atoms with Crippen LogP contribution in [0.3, 0.4) is 0 Å². The molecule has 0 unspecified atom stereocenters. The van der Waals surface area contributed by atoms with Crippen LogP contribution in [0.5, 0.6) is 0 Å². The minimum atomic E-state index is 0.476. The smallest absolute Gasteiger partial charge is 0.211 e. The molecule has 1 aromatic carbocycles. The SMILES string of the molecule is Clc1ccc(N=c2scc(-c3cccs3)n2N=Cc2ccc[nH]2)cc1Cl. The summed E-state index contributed by atoms with van der Waals surface area (Å²) >= 11 is 15.3. The van der Waals surface area contributed by atoms with Crippen LogP contribution in [0.1, 0.15) is 5.69 Å². The summed E-state index contributed by atoms with van der Waals surface area (Å²) in [6.45, 7) is 0. The van der Waals surface area contributed by atoms with Gasteiger partial charge in [0, 0.05) is 11.6 Å². The number of thiophene rings is 1. The molecule has 0 atom stereocenters. The first-order valence-corrected chi connectivity index (χ1v) is 10.1. The van der Waals surface area contributed by atoms with E-state index in [1.807, 2.05) is 45.9 Å². The number of aromatic nitrogens is 2. The molecule has 0 amide bonds. The van der Waals surface area contributed by atoms with Crippen molar-refractivity contribution in [3.63, 3.8) is 0 Å². The van der Waals surface area contributed by atoms with Gasteiger partial charge in [0.05, 0.1) is 38.2 Å². The fourth-order valence-corrected chi connectivity index (χ4v) is 4.23. The number of nitrogens with one attached hydrogen (secondary N) is 1. The van der Waals surface area contributed by atoms with E-state index in [2.05, 4.69) is 16.2 Å². The second-order valence-electron chi connectivity index (χ2n) is 5.27. The van der Waals surface area contributed by atoms with Crippen LogP contribution < -0.4 is 4.80 Å². The molecule has 4 aromatic rings. The van der Waals surface area contributed by atoms with E-state index in [-0.39, 0.29) is 0 Å². The number of thiazole rings is 1. The van der Waals surface area contributed by atoms with Crippen LogP contribution in [0, 0.1) is 0 Å². The summed E-state index contributed by atoms with van der Waals surface area (Å²) in [5.74, 6) is 0. The Morgan fingerprint density at radius 2 is 1.96 bits per heavy atom. The summed E-state index contributed by atoms with van der Waals surface area (Å²) in [6, 6.07) is 13.3. The normalized spacial score (nSPS) is 12.3. The Hall–Kier alpha value is -2.12.